The molecule has 0 aromatic heterocycles. The van der Waals surface area contributed by atoms with Crippen LogP contribution in [0.15, 0.2) is 0 Å². The summed E-state index contributed by atoms with van der Waals surface area (Å²) in [5.74, 6) is 0.919. The van der Waals surface area contributed by atoms with Crippen LogP contribution in [0.5, 0.6) is 0 Å². The van der Waals surface area contributed by atoms with E-state index in [4.69, 9.17) is 4.74 Å². The Bertz CT molecular complexity index is 199. The number of nitrogens with zero attached hydrogens (tertiary/aromatic N) is 1. The molecule has 18 heavy (non-hydrogen) atoms. The van der Waals surface area contributed by atoms with Gasteiger partial charge < -0.3 is 10.1 Å². The number of likely N-dealkylation sites (tertiary alicyclic amines) is 1. The first-order valence-electron chi connectivity index (χ1n) is 7.76. The Morgan fingerprint density at radius 1 is 1.22 bits per heavy atom. The maximum Gasteiger partial charge on any atom is 0.0466 e. The van der Waals surface area contributed by atoms with Crippen molar-refractivity contribution in [1.29, 1.82) is 0 Å². The summed E-state index contributed by atoms with van der Waals surface area (Å²) in [4.78, 5) is 2.63. The fourth-order valence-corrected chi connectivity index (χ4v) is 2.73. The Morgan fingerprint density at radius 3 is 2.78 bits per heavy atom. The molecule has 1 rings (SSSR count). The SMILES string of the molecule is CCOCCCCNCCN1CCC(C)CC1C. The highest BCUT2D eigenvalue weighted by Crippen LogP contribution is 2.21. The second-order valence-electron chi connectivity index (χ2n) is 5.67. The van der Waals surface area contributed by atoms with Crippen molar-refractivity contribution in [2.24, 2.45) is 5.92 Å². The largest absolute Gasteiger partial charge is 0.382 e. The third-order valence-corrected chi connectivity index (χ3v) is 3.95. The number of piperidine rings is 1. The van der Waals surface area contributed by atoms with Gasteiger partial charge in [0.1, 0.15) is 0 Å². The topological polar surface area (TPSA) is 24.5 Å². The van der Waals surface area contributed by atoms with Crippen molar-refractivity contribution >= 4 is 0 Å². The number of hydrogen-bond donors (Lipinski definition) is 1. The Labute approximate surface area is 113 Å². The molecule has 1 aliphatic rings. The van der Waals surface area contributed by atoms with Crippen LogP contribution in [-0.2, 0) is 4.74 Å². The van der Waals surface area contributed by atoms with Crippen LogP contribution in [0.3, 0.4) is 0 Å². The van der Waals surface area contributed by atoms with Crippen molar-refractivity contribution < 1.29 is 4.74 Å². The summed E-state index contributed by atoms with van der Waals surface area (Å²) in [5, 5.41) is 3.54. The first kappa shape index (κ1) is 15.9. The van der Waals surface area contributed by atoms with Crippen molar-refractivity contribution in [3.05, 3.63) is 0 Å². The highest BCUT2D eigenvalue weighted by molar-refractivity contribution is 4.77. The predicted molar refractivity (Wildman–Crippen MR) is 78.0 cm³/mol. The standard InChI is InChI=1S/C15H32N2O/c1-4-18-12-6-5-8-16-9-11-17-10-7-14(2)13-15(17)3/h14-16H,4-13H2,1-3H3. The third kappa shape index (κ3) is 6.72. The summed E-state index contributed by atoms with van der Waals surface area (Å²) in [7, 11) is 0. The molecule has 3 nitrogen and oxygen atoms in total. The normalized spacial score (nSPS) is 25.5. The van der Waals surface area contributed by atoms with Gasteiger partial charge in [0, 0.05) is 32.3 Å². The molecule has 0 amide bonds. The van der Waals surface area contributed by atoms with E-state index in [1.54, 1.807) is 0 Å². The van der Waals surface area contributed by atoms with Gasteiger partial charge in [-0.05, 0) is 58.5 Å². The maximum atomic E-state index is 5.32. The van der Waals surface area contributed by atoms with Gasteiger partial charge in [0.25, 0.3) is 0 Å². The van der Waals surface area contributed by atoms with Crippen molar-refractivity contribution in [3.8, 4) is 0 Å². The van der Waals surface area contributed by atoms with Gasteiger partial charge in [-0.2, -0.15) is 0 Å². The second-order valence-corrected chi connectivity index (χ2v) is 5.67. The van der Waals surface area contributed by atoms with Gasteiger partial charge in [-0.25, -0.2) is 0 Å². The smallest absolute Gasteiger partial charge is 0.0466 e. The minimum atomic E-state index is 0.772. The first-order valence-corrected chi connectivity index (χ1v) is 7.76. The van der Waals surface area contributed by atoms with E-state index in [-0.39, 0.29) is 0 Å². The summed E-state index contributed by atoms with van der Waals surface area (Å²) < 4.78 is 5.32. The highest BCUT2D eigenvalue weighted by Gasteiger charge is 2.21. The molecule has 0 aromatic rings. The molecule has 2 unspecified atom stereocenters. The monoisotopic (exact) mass is 256 g/mol. The lowest BCUT2D eigenvalue weighted by Crippen LogP contribution is -2.43. The molecular weight excluding hydrogens is 224 g/mol. The highest BCUT2D eigenvalue weighted by atomic mass is 16.5. The van der Waals surface area contributed by atoms with Crippen LogP contribution in [-0.4, -0.2) is 50.3 Å². The van der Waals surface area contributed by atoms with Crippen LogP contribution < -0.4 is 5.32 Å². The van der Waals surface area contributed by atoms with Gasteiger partial charge >= 0.3 is 0 Å². The van der Waals surface area contributed by atoms with Gasteiger partial charge in [0.2, 0.25) is 0 Å². The van der Waals surface area contributed by atoms with E-state index in [1.807, 2.05) is 0 Å². The van der Waals surface area contributed by atoms with Crippen molar-refractivity contribution in [3.63, 3.8) is 0 Å². The average Bonchev–Trinajstić information content (AvgIpc) is 2.35. The quantitative estimate of drug-likeness (QED) is 0.642. The van der Waals surface area contributed by atoms with Crippen LogP contribution in [0, 0.1) is 5.92 Å². The van der Waals surface area contributed by atoms with Gasteiger partial charge in [0.15, 0.2) is 0 Å². The molecule has 0 aliphatic carbocycles. The lowest BCUT2D eigenvalue weighted by Gasteiger charge is -2.36. The third-order valence-electron chi connectivity index (χ3n) is 3.95. The Morgan fingerprint density at radius 2 is 2.06 bits per heavy atom. The molecule has 108 valence electrons. The van der Waals surface area contributed by atoms with Gasteiger partial charge in [0.05, 0.1) is 0 Å². The van der Waals surface area contributed by atoms with E-state index in [9.17, 15) is 0 Å². The Kier molecular flexibility index (Phi) is 8.64. The summed E-state index contributed by atoms with van der Waals surface area (Å²) in [6, 6.07) is 0.772. The summed E-state index contributed by atoms with van der Waals surface area (Å²) in [5.41, 5.74) is 0. The van der Waals surface area contributed by atoms with E-state index >= 15 is 0 Å². The summed E-state index contributed by atoms with van der Waals surface area (Å²) >= 11 is 0. The number of rotatable bonds is 9. The fraction of sp³-hybridized carbons (Fsp3) is 1.00. The van der Waals surface area contributed by atoms with Gasteiger partial charge in [-0.3, -0.25) is 4.90 Å². The molecular formula is C15H32N2O. The van der Waals surface area contributed by atoms with E-state index in [0.717, 1.165) is 38.3 Å². The van der Waals surface area contributed by atoms with E-state index < -0.39 is 0 Å². The van der Waals surface area contributed by atoms with Crippen LogP contribution >= 0.6 is 0 Å². The molecule has 0 bridgehead atoms. The summed E-state index contributed by atoms with van der Waals surface area (Å²) in [6.45, 7) is 13.3. The Balaban J connectivity index is 1.91. The molecule has 1 N–H and O–H groups in total. The van der Waals surface area contributed by atoms with Crippen molar-refractivity contribution in [2.45, 2.75) is 52.5 Å². The molecule has 1 saturated heterocycles. The molecule has 0 aromatic carbocycles. The second kappa shape index (κ2) is 9.76. The molecule has 1 fully saturated rings. The molecule has 0 saturated carbocycles. The van der Waals surface area contributed by atoms with Gasteiger partial charge in [-0.1, -0.05) is 6.92 Å². The molecule has 1 aliphatic heterocycles. The number of nitrogens with one attached hydrogen (secondary N) is 1. The van der Waals surface area contributed by atoms with E-state index in [1.165, 1.54) is 38.8 Å². The molecule has 0 spiro atoms. The van der Waals surface area contributed by atoms with Crippen LogP contribution in [0.2, 0.25) is 0 Å². The van der Waals surface area contributed by atoms with E-state index in [0.29, 0.717) is 0 Å². The molecule has 1 heterocycles. The zero-order valence-corrected chi connectivity index (χ0v) is 12.6. The molecule has 3 heteroatoms. The lowest BCUT2D eigenvalue weighted by molar-refractivity contribution is 0.129. The maximum absolute atomic E-state index is 5.32. The van der Waals surface area contributed by atoms with Crippen molar-refractivity contribution in [1.82, 2.24) is 10.2 Å². The first-order chi connectivity index (χ1) is 8.74. The zero-order valence-electron chi connectivity index (χ0n) is 12.6. The Hall–Kier alpha value is -0.120. The fourth-order valence-electron chi connectivity index (χ4n) is 2.73. The number of ether oxygens (including phenoxy) is 1. The zero-order chi connectivity index (χ0) is 13.2. The molecule has 0 radical (unpaired) electrons. The predicted octanol–water partition coefficient (Wildman–Crippen LogP) is 2.51. The van der Waals surface area contributed by atoms with Crippen LogP contribution in [0.4, 0.5) is 0 Å². The van der Waals surface area contributed by atoms with Gasteiger partial charge in [-0.15, -0.1) is 0 Å². The van der Waals surface area contributed by atoms with Crippen LogP contribution in [0.25, 0.3) is 0 Å². The molecule has 2 atom stereocenters. The van der Waals surface area contributed by atoms with Crippen LogP contribution in [0.1, 0.15) is 46.5 Å². The lowest BCUT2D eigenvalue weighted by atomic mass is 9.93. The summed E-state index contributed by atoms with van der Waals surface area (Å²) in [6.07, 6.45) is 5.15. The minimum absolute atomic E-state index is 0.772. The minimum Gasteiger partial charge on any atom is -0.382 e. The number of hydrogen-bond acceptors (Lipinski definition) is 3. The van der Waals surface area contributed by atoms with Crippen molar-refractivity contribution in [2.75, 3.05) is 39.4 Å². The number of unbranched alkanes of at least 4 members (excludes halogenated alkanes) is 1. The average molecular weight is 256 g/mol. The van der Waals surface area contributed by atoms with E-state index in [2.05, 4.69) is 31.0 Å².